The molecule has 4 heteroatoms. The van der Waals surface area contributed by atoms with E-state index in [-0.39, 0.29) is 11.5 Å². The number of ether oxygens (including phenoxy) is 2. The van der Waals surface area contributed by atoms with Crippen LogP contribution in [-0.2, 0) is 9.47 Å². The average Bonchev–Trinajstić information content (AvgIpc) is 2.67. The summed E-state index contributed by atoms with van der Waals surface area (Å²) in [6.07, 6.45) is 0.928. The van der Waals surface area contributed by atoms with E-state index in [1.807, 2.05) is 6.92 Å². The molecule has 0 aliphatic carbocycles. The van der Waals surface area contributed by atoms with Crippen molar-refractivity contribution in [1.29, 1.82) is 5.26 Å². The van der Waals surface area contributed by atoms with Gasteiger partial charge in [0, 0.05) is 33.2 Å². The highest BCUT2D eigenvalue weighted by Gasteiger charge is 2.34. The zero-order valence-corrected chi connectivity index (χ0v) is 8.88. The lowest BCUT2D eigenvalue weighted by atomic mass is 10.0. The van der Waals surface area contributed by atoms with Crippen molar-refractivity contribution in [1.82, 2.24) is 5.32 Å². The summed E-state index contributed by atoms with van der Waals surface area (Å²) in [6, 6.07) is 2.19. The van der Waals surface area contributed by atoms with Gasteiger partial charge in [0.15, 0.2) is 0 Å². The molecule has 0 radical (unpaired) electrons. The van der Waals surface area contributed by atoms with Gasteiger partial charge in [0.25, 0.3) is 0 Å². The fourth-order valence-electron chi connectivity index (χ4n) is 1.52. The van der Waals surface area contributed by atoms with E-state index in [0.717, 1.165) is 19.6 Å². The molecule has 0 bridgehead atoms. The van der Waals surface area contributed by atoms with Gasteiger partial charge in [-0.05, 0) is 6.92 Å². The third kappa shape index (κ3) is 2.95. The van der Waals surface area contributed by atoms with Crippen LogP contribution in [0.15, 0.2) is 0 Å². The molecule has 1 saturated heterocycles. The van der Waals surface area contributed by atoms with Crippen molar-refractivity contribution in [3.05, 3.63) is 0 Å². The third-order valence-electron chi connectivity index (χ3n) is 2.62. The van der Waals surface area contributed by atoms with E-state index in [9.17, 15) is 0 Å². The topological polar surface area (TPSA) is 54.3 Å². The Bertz CT molecular complexity index is 207. The third-order valence-corrected chi connectivity index (χ3v) is 2.62. The van der Waals surface area contributed by atoms with E-state index in [0.29, 0.717) is 13.2 Å². The molecule has 80 valence electrons. The largest absolute Gasteiger partial charge is 0.378 e. The van der Waals surface area contributed by atoms with Crippen molar-refractivity contribution >= 4 is 0 Å². The Balaban J connectivity index is 2.25. The maximum atomic E-state index is 8.60. The summed E-state index contributed by atoms with van der Waals surface area (Å²) < 4.78 is 10.7. The van der Waals surface area contributed by atoms with Gasteiger partial charge < -0.3 is 14.8 Å². The minimum absolute atomic E-state index is 0.0474. The quantitative estimate of drug-likeness (QED) is 0.700. The van der Waals surface area contributed by atoms with Gasteiger partial charge in [-0.2, -0.15) is 5.26 Å². The summed E-state index contributed by atoms with van der Waals surface area (Å²) >= 11 is 0. The Labute approximate surface area is 85.2 Å². The van der Waals surface area contributed by atoms with Crippen LogP contribution in [0.5, 0.6) is 0 Å². The molecule has 4 nitrogen and oxygen atoms in total. The van der Waals surface area contributed by atoms with Crippen LogP contribution in [0.3, 0.4) is 0 Å². The normalized spacial score (nSPS) is 28.6. The highest BCUT2D eigenvalue weighted by atomic mass is 16.5. The Morgan fingerprint density at radius 2 is 2.50 bits per heavy atom. The van der Waals surface area contributed by atoms with E-state index in [1.165, 1.54) is 0 Å². The van der Waals surface area contributed by atoms with E-state index in [1.54, 1.807) is 7.11 Å². The lowest BCUT2D eigenvalue weighted by Gasteiger charge is -2.26. The van der Waals surface area contributed by atoms with E-state index in [2.05, 4.69) is 11.4 Å². The first-order valence-corrected chi connectivity index (χ1v) is 4.96. The second-order valence-electron chi connectivity index (χ2n) is 3.85. The highest BCUT2D eigenvalue weighted by molar-refractivity contribution is 4.88. The maximum absolute atomic E-state index is 8.60. The number of nitrogens with zero attached hydrogens (tertiary/aromatic N) is 1. The molecule has 0 spiro atoms. The smallest absolute Gasteiger partial charge is 0.106 e. The number of hydrogen-bond donors (Lipinski definition) is 1. The number of nitriles is 1. The van der Waals surface area contributed by atoms with Gasteiger partial charge in [0.1, 0.15) is 5.60 Å². The summed E-state index contributed by atoms with van der Waals surface area (Å²) in [5.74, 6) is 0.0474. The first kappa shape index (κ1) is 11.4. The monoisotopic (exact) mass is 198 g/mol. The van der Waals surface area contributed by atoms with Crippen molar-refractivity contribution < 1.29 is 9.47 Å². The molecule has 0 saturated carbocycles. The van der Waals surface area contributed by atoms with Gasteiger partial charge in [-0.1, -0.05) is 0 Å². The molecular weight excluding hydrogens is 180 g/mol. The lowest BCUT2D eigenvalue weighted by Crippen LogP contribution is -2.43. The highest BCUT2D eigenvalue weighted by Crippen LogP contribution is 2.21. The van der Waals surface area contributed by atoms with Gasteiger partial charge in [-0.15, -0.1) is 0 Å². The molecule has 1 heterocycles. The standard InChI is InChI=1S/C10H18N2O2/c1-9(5-11)6-12-7-10(13-2)3-4-14-8-10/h9,12H,3-4,6-8H2,1-2H3. The van der Waals surface area contributed by atoms with Gasteiger partial charge >= 0.3 is 0 Å². The lowest BCUT2D eigenvalue weighted by molar-refractivity contribution is -0.0158. The van der Waals surface area contributed by atoms with Crippen LogP contribution in [0.1, 0.15) is 13.3 Å². The Kier molecular flexibility index (Phi) is 4.33. The summed E-state index contributed by atoms with van der Waals surface area (Å²) in [5, 5.41) is 11.8. The fourth-order valence-corrected chi connectivity index (χ4v) is 1.52. The van der Waals surface area contributed by atoms with Crippen LogP contribution < -0.4 is 5.32 Å². The first-order valence-electron chi connectivity index (χ1n) is 4.96. The molecule has 14 heavy (non-hydrogen) atoms. The number of nitrogens with one attached hydrogen (secondary N) is 1. The van der Waals surface area contributed by atoms with Crippen molar-refractivity contribution in [3.8, 4) is 6.07 Å². The zero-order valence-electron chi connectivity index (χ0n) is 8.88. The van der Waals surface area contributed by atoms with Crippen LogP contribution in [-0.4, -0.2) is 39.0 Å². The van der Waals surface area contributed by atoms with Gasteiger partial charge in [0.05, 0.1) is 18.6 Å². The molecule has 1 fully saturated rings. The average molecular weight is 198 g/mol. The molecule has 0 aromatic carbocycles. The predicted molar refractivity (Wildman–Crippen MR) is 52.8 cm³/mol. The molecule has 0 amide bonds. The molecule has 2 unspecified atom stereocenters. The van der Waals surface area contributed by atoms with Crippen molar-refractivity contribution in [3.63, 3.8) is 0 Å². The Morgan fingerprint density at radius 3 is 3.00 bits per heavy atom. The first-order chi connectivity index (χ1) is 6.72. The predicted octanol–water partition coefficient (Wildman–Crippen LogP) is 0.541. The fraction of sp³-hybridized carbons (Fsp3) is 0.900. The summed E-state index contributed by atoms with van der Waals surface area (Å²) in [6.45, 7) is 4.79. The molecular formula is C10H18N2O2. The van der Waals surface area contributed by atoms with Crippen molar-refractivity contribution in [2.24, 2.45) is 5.92 Å². The van der Waals surface area contributed by atoms with Crippen molar-refractivity contribution in [2.75, 3.05) is 33.4 Å². The van der Waals surface area contributed by atoms with Gasteiger partial charge in [-0.25, -0.2) is 0 Å². The van der Waals surface area contributed by atoms with Crippen molar-refractivity contribution in [2.45, 2.75) is 18.9 Å². The SMILES string of the molecule is COC1(CNCC(C)C#N)CCOC1. The molecule has 2 atom stereocenters. The molecule has 1 aliphatic rings. The minimum atomic E-state index is -0.171. The minimum Gasteiger partial charge on any atom is -0.378 e. The summed E-state index contributed by atoms with van der Waals surface area (Å²) in [7, 11) is 1.71. The second-order valence-corrected chi connectivity index (χ2v) is 3.85. The maximum Gasteiger partial charge on any atom is 0.106 e. The Hall–Kier alpha value is -0.630. The van der Waals surface area contributed by atoms with Crippen LogP contribution in [0.2, 0.25) is 0 Å². The van der Waals surface area contributed by atoms with Crippen LogP contribution >= 0.6 is 0 Å². The number of hydrogen-bond acceptors (Lipinski definition) is 4. The van der Waals surface area contributed by atoms with Crippen LogP contribution in [0.25, 0.3) is 0 Å². The number of rotatable bonds is 5. The van der Waals surface area contributed by atoms with Crippen LogP contribution in [0.4, 0.5) is 0 Å². The van der Waals surface area contributed by atoms with E-state index in [4.69, 9.17) is 14.7 Å². The molecule has 1 aliphatic heterocycles. The van der Waals surface area contributed by atoms with Gasteiger partial charge in [0.2, 0.25) is 0 Å². The summed E-state index contributed by atoms with van der Waals surface area (Å²) in [5.41, 5.74) is -0.171. The van der Waals surface area contributed by atoms with E-state index >= 15 is 0 Å². The van der Waals surface area contributed by atoms with E-state index < -0.39 is 0 Å². The number of methoxy groups -OCH3 is 1. The second kappa shape index (κ2) is 5.30. The Morgan fingerprint density at radius 1 is 1.71 bits per heavy atom. The zero-order chi connectivity index (χ0) is 10.4. The molecule has 1 N–H and O–H groups in total. The van der Waals surface area contributed by atoms with Gasteiger partial charge in [-0.3, -0.25) is 0 Å². The van der Waals surface area contributed by atoms with Crippen LogP contribution in [0, 0.1) is 17.2 Å². The molecule has 1 rings (SSSR count). The molecule has 0 aromatic rings. The summed E-state index contributed by atoms with van der Waals surface area (Å²) in [4.78, 5) is 0. The molecule has 0 aromatic heterocycles.